The van der Waals surface area contributed by atoms with Crippen molar-refractivity contribution in [2.24, 2.45) is 0 Å². The van der Waals surface area contributed by atoms with Crippen molar-refractivity contribution in [1.29, 1.82) is 0 Å². The van der Waals surface area contributed by atoms with Crippen molar-refractivity contribution in [2.75, 3.05) is 5.32 Å². The molecule has 0 saturated heterocycles. The van der Waals surface area contributed by atoms with Crippen LogP contribution in [0, 0.1) is 6.92 Å². The Kier molecular flexibility index (Phi) is 4.62. The molecule has 0 saturated carbocycles. The van der Waals surface area contributed by atoms with Gasteiger partial charge in [-0.05, 0) is 36.8 Å². The molecule has 1 aromatic carbocycles. The smallest absolute Gasteiger partial charge is 0.346 e. The average molecular weight is 411 g/mol. The first-order valence-electron chi connectivity index (χ1n) is 5.54. The lowest BCUT2D eigenvalue weighted by Crippen LogP contribution is -1.99. The molecule has 2 aromatic rings. The SMILES string of the molecule is Cc1c(C(=O)O)sc(Nc2ccc(Br)cc2)c1S(=O)(=O)Cl. The first-order valence-corrected chi connectivity index (χ1v) is 9.46. The largest absolute Gasteiger partial charge is 0.477 e. The summed E-state index contributed by atoms with van der Waals surface area (Å²) < 4.78 is 24.2. The molecule has 0 bridgehead atoms. The minimum Gasteiger partial charge on any atom is -0.477 e. The van der Waals surface area contributed by atoms with E-state index < -0.39 is 15.0 Å². The second-order valence-electron chi connectivity index (χ2n) is 4.09. The Hall–Kier alpha value is -1.09. The maximum Gasteiger partial charge on any atom is 0.346 e. The van der Waals surface area contributed by atoms with E-state index in [2.05, 4.69) is 21.2 Å². The zero-order valence-corrected chi connectivity index (χ0v) is 14.5. The van der Waals surface area contributed by atoms with Crippen LogP contribution < -0.4 is 5.32 Å². The van der Waals surface area contributed by atoms with Crippen LogP contribution in [0.5, 0.6) is 0 Å². The summed E-state index contributed by atoms with van der Waals surface area (Å²) in [6.07, 6.45) is 0. The molecule has 0 amide bonds. The Morgan fingerprint density at radius 1 is 1.33 bits per heavy atom. The van der Waals surface area contributed by atoms with Gasteiger partial charge in [0.05, 0.1) is 0 Å². The lowest BCUT2D eigenvalue weighted by Gasteiger charge is -2.06. The highest BCUT2D eigenvalue weighted by Crippen LogP contribution is 2.39. The summed E-state index contributed by atoms with van der Waals surface area (Å²) in [5.74, 6) is -1.19. The van der Waals surface area contributed by atoms with Crippen LogP contribution in [-0.2, 0) is 9.05 Å². The van der Waals surface area contributed by atoms with Gasteiger partial charge in [0.1, 0.15) is 14.8 Å². The molecule has 1 heterocycles. The number of anilines is 2. The Morgan fingerprint density at radius 2 is 1.90 bits per heavy atom. The van der Waals surface area contributed by atoms with E-state index in [0.717, 1.165) is 15.8 Å². The van der Waals surface area contributed by atoms with Crippen LogP contribution >= 0.6 is 37.9 Å². The number of thiophene rings is 1. The van der Waals surface area contributed by atoms with Crippen molar-refractivity contribution in [2.45, 2.75) is 11.8 Å². The van der Waals surface area contributed by atoms with Gasteiger partial charge in [0, 0.05) is 20.8 Å². The molecule has 0 spiro atoms. The first-order chi connectivity index (χ1) is 9.70. The molecule has 21 heavy (non-hydrogen) atoms. The fourth-order valence-electron chi connectivity index (χ4n) is 1.74. The average Bonchev–Trinajstić information content (AvgIpc) is 2.69. The molecular weight excluding hydrogens is 402 g/mol. The third-order valence-electron chi connectivity index (χ3n) is 2.63. The Labute approximate surface area is 138 Å². The molecule has 0 unspecified atom stereocenters. The maximum atomic E-state index is 11.7. The number of benzene rings is 1. The van der Waals surface area contributed by atoms with Crippen LogP contribution in [0.1, 0.15) is 15.2 Å². The number of carboxylic acid groups (broad SMARTS) is 1. The molecule has 0 atom stereocenters. The number of hydrogen-bond donors (Lipinski definition) is 2. The van der Waals surface area contributed by atoms with Crippen LogP contribution in [0.15, 0.2) is 33.6 Å². The lowest BCUT2D eigenvalue weighted by atomic mass is 10.3. The van der Waals surface area contributed by atoms with Crippen molar-refractivity contribution >= 4 is 63.7 Å². The van der Waals surface area contributed by atoms with Gasteiger partial charge < -0.3 is 10.4 Å². The second-order valence-corrected chi connectivity index (χ2v) is 8.53. The van der Waals surface area contributed by atoms with Crippen molar-refractivity contribution < 1.29 is 18.3 Å². The van der Waals surface area contributed by atoms with Gasteiger partial charge in [-0.25, -0.2) is 13.2 Å². The summed E-state index contributed by atoms with van der Waals surface area (Å²) in [6, 6.07) is 7.00. The van der Waals surface area contributed by atoms with Crippen LogP contribution in [0.4, 0.5) is 10.7 Å². The lowest BCUT2D eigenvalue weighted by molar-refractivity contribution is 0.0701. The topological polar surface area (TPSA) is 83.5 Å². The van der Waals surface area contributed by atoms with Gasteiger partial charge in [-0.15, -0.1) is 11.3 Å². The molecule has 0 fully saturated rings. The number of aromatic carboxylic acids is 1. The third kappa shape index (κ3) is 3.57. The first kappa shape index (κ1) is 16.3. The third-order valence-corrected chi connectivity index (χ3v) is 5.95. The predicted molar refractivity (Wildman–Crippen MR) is 86.5 cm³/mol. The molecule has 0 radical (unpaired) electrons. The van der Waals surface area contributed by atoms with E-state index in [1.54, 1.807) is 24.3 Å². The highest BCUT2D eigenvalue weighted by Gasteiger charge is 2.27. The summed E-state index contributed by atoms with van der Waals surface area (Å²) in [5, 5.41) is 12.2. The number of rotatable bonds is 4. The molecule has 2 rings (SSSR count). The van der Waals surface area contributed by atoms with Crippen molar-refractivity contribution in [3.8, 4) is 0 Å². The maximum absolute atomic E-state index is 11.7. The zero-order chi connectivity index (χ0) is 15.8. The molecule has 0 aliphatic rings. The van der Waals surface area contributed by atoms with E-state index >= 15 is 0 Å². The molecule has 1 aromatic heterocycles. The molecule has 0 aliphatic heterocycles. The van der Waals surface area contributed by atoms with Crippen molar-refractivity contribution in [3.63, 3.8) is 0 Å². The molecule has 5 nitrogen and oxygen atoms in total. The van der Waals surface area contributed by atoms with Crippen LogP contribution in [0.3, 0.4) is 0 Å². The molecular formula is C12H9BrClNO4S2. The van der Waals surface area contributed by atoms with Crippen LogP contribution in [0.2, 0.25) is 0 Å². The van der Waals surface area contributed by atoms with Crippen molar-refractivity contribution in [1.82, 2.24) is 0 Å². The summed E-state index contributed by atoms with van der Waals surface area (Å²) in [4.78, 5) is 10.9. The van der Waals surface area contributed by atoms with E-state index in [1.165, 1.54) is 6.92 Å². The van der Waals surface area contributed by atoms with Gasteiger partial charge in [-0.1, -0.05) is 15.9 Å². The Morgan fingerprint density at radius 3 is 2.38 bits per heavy atom. The Bertz CT molecular complexity index is 799. The number of halogens is 2. The number of nitrogens with one attached hydrogen (secondary N) is 1. The summed E-state index contributed by atoms with van der Waals surface area (Å²) in [5.41, 5.74) is 0.750. The van der Waals surface area contributed by atoms with E-state index in [1.807, 2.05) is 0 Å². The van der Waals surface area contributed by atoms with Gasteiger partial charge in [-0.3, -0.25) is 0 Å². The number of carbonyl (C=O) groups is 1. The molecule has 2 N–H and O–H groups in total. The zero-order valence-electron chi connectivity index (χ0n) is 10.6. The van der Waals surface area contributed by atoms with E-state index in [4.69, 9.17) is 15.8 Å². The van der Waals surface area contributed by atoms with Gasteiger partial charge >= 0.3 is 5.97 Å². The summed E-state index contributed by atoms with van der Waals surface area (Å²) >= 11 is 4.13. The Balaban J connectivity index is 2.55. The summed E-state index contributed by atoms with van der Waals surface area (Å²) in [6.45, 7) is 1.42. The van der Waals surface area contributed by atoms with Gasteiger partial charge in [0.2, 0.25) is 0 Å². The minimum absolute atomic E-state index is 0.0613. The van der Waals surface area contributed by atoms with Crippen LogP contribution in [-0.4, -0.2) is 19.5 Å². The fourth-order valence-corrected chi connectivity index (χ4v) is 4.94. The molecule has 0 aliphatic carbocycles. The number of hydrogen-bond acceptors (Lipinski definition) is 5. The highest BCUT2D eigenvalue weighted by atomic mass is 79.9. The van der Waals surface area contributed by atoms with E-state index in [9.17, 15) is 13.2 Å². The van der Waals surface area contributed by atoms with Gasteiger partial charge in [0.25, 0.3) is 9.05 Å². The van der Waals surface area contributed by atoms with E-state index in [-0.39, 0.29) is 20.3 Å². The van der Waals surface area contributed by atoms with Gasteiger partial charge in [-0.2, -0.15) is 0 Å². The van der Waals surface area contributed by atoms with Crippen LogP contribution in [0.25, 0.3) is 0 Å². The monoisotopic (exact) mass is 409 g/mol. The summed E-state index contributed by atoms with van der Waals surface area (Å²) in [7, 11) is 1.36. The standard InChI is InChI=1S/C12H9BrClNO4S2/c1-6-9(12(16)17)20-11(10(6)21(14,18)19)15-8-4-2-7(13)3-5-8/h2-5,15H,1H3,(H,16,17). The molecule has 112 valence electrons. The second kappa shape index (κ2) is 5.96. The minimum atomic E-state index is -4.06. The molecule has 9 heteroatoms. The van der Waals surface area contributed by atoms with E-state index in [0.29, 0.717) is 5.69 Å². The quantitative estimate of drug-likeness (QED) is 0.738. The van der Waals surface area contributed by atoms with Gasteiger partial charge in [0.15, 0.2) is 0 Å². The van der Waals surface area contributed by atoms with Crippen molar-refractivity contribution in [3.05, 3.63) is 39.2 Å². The number of carboxylic acids is 1. The predicted octanol–water partition coefficient (Wildman–Crippen LogP) is 4.19. The fraction of sp³-hybridized carbons (Fsp3) is 0.0833. The normalized spacial score (nSPS) is 11.4. The highest BCUT2D eigenvalue weighted by molar-refractivity contribution is 9.10.